The highest BCUT2D eigenvalue weighted by Gasteiger charge is 1.99. The summed E-state index contributed by atoms with van der Waals surface area (Å²) in [5.74, 6) is 0.469. The highest BCUT2D eigenvalue weighted by atomic mass is 16.2. The first-order valence-corrected chi connectivity index (χ1v) is 5.45. The Bertz CT molecular complexity index is 422. The van der Waals surface area contributed by atoms with Gasteiger partial charge in [-0.25, -0.2) is 4.79 Å². The molecule has 0 aliphatic heterocycles. The van der Waals surface area contributed by atoms with E-state index in [1.807, 2.05) is 50.3 Å². The molecule has 0 spiro atoms. The Morgan fingerprint density at radius 3 is 2.53 bits per heavy atom. The molecule has 0 radical (unpaired) electrons. The smallest absolute Gasteiger partial charge is 0.317 e. The Morgan fingerprint density at radius 1 is 1.35 bits per heavy atom. The van der Waals surface area contributed by atoms with Gasteiger partial charge in [0.15, 0.2) is 0 Å². The third-order valence-corrected chi connectivity index (χ3v) is 1.88. The topological polar surface area (TPSA) is 67.5 Å². The average Bonchev–Trinajstić information content (AvgIpc) is 2.26. The number of amidine groups is 1. The van der Waals surface area contributed by atoms with Gasteiger partial charge in [0.25, 0.3) is 0 Å². The van der Waals surface area contributed by atoms with Crippen molar-refractivity contribution in [2.75, 3.05) is 0 Å². The zero-order valence-corrected chi connectivity index (χ0v) is 10.1. The summed E-state index contributed by atoms with van der Waals surface area (Å²) in [6.07, 6.45) is 3.61. The molecule has 90 valence electrons. The molecule has 2 amide bonds. The third kappa shape index (κ3) is 5.51. The summed E-state index contributed by atoms with van der Waals surface area (Å²) < 4.78 is 0. The first kappa shape index (κ1) is 13.0. The lowest BCUT2D eigenvalue weighted by atomic mass is 10.2. The van der Waals surface area contributed by atoms with Crippen LogP contribution in [-0.2, 0) is 0 Å². The second-order valence-corrected chi connectivity index (χ2v) is 3.84. The fourth-order valence-corrected chi connectivity index (χ4v) is 1.26. The predicted octanol–water partition coefficient (Wildman–Crippen LogP) is 2.17. The minimum Gasteiger partial charge on any atom is -0.351 e. The van der Waals surface area contributed by atoms with Gasteiger partial charge in [0.05, 0.1) is 0 Å². The largest absolute Gasteiger partial charge is 0.351 e. The summed E-state index contributed by atoms with van der Waals surface area (Å²) in [6, 6.07) is 9.25. The van der Waals surface area contributed by atoms with Crippen molar-refractivity contribution in [1.29, 1.82) is 0 Å². The molecule has 0 bridgehead atoms. The number of urea groups is 1. The van der Waals surface area contributed by atoms with Crippen LogP contribution in [-0.4, -0.2) is 17.9 Å². The normalized spacial score (nSPS) is 12.1. The number of carbonyl (C=O) groups excluding carboxylic acids is 1. The van der Waals surface area contributed by atoms with Crippen LogP contribution in [0.1, 0.15) is 19.4 Å². The molecule has 0 aromatic heterocycles. The van der Waals surface area contributed by atoms with E-state index in [-0.39, 0.29) is 6.04 Å². The van der Waals surface area contributed by atoms with E-state index in [1.54, 1.807) is 6.08 Å². The fourth-order valence-electron chi connectivity index (χ4n) is 1.26. The number of carbonyl (C=O) groups is 1. The molecule has 0 unspecified atom stereocenters. The van der Waals surface area contributed by atoms with E-state index < -0.39 is 6.03 Å². The van der Waals surface area contributed by atoms with Crippen molar-refractivity contribution >= 4 is 17.9 Å². The number of hydrogen-bond donors (Lipinski definition) is 2. The van der Waals surface area contributed by atoms with Gasteiger partial charge in [0, 0.05) is 6.04 Å². The molecular formula is C13H17N3O. The second-order valence-electron chi connectivity index (χ2n) is 3.84. The van der Waals surface area contributed by atoms with Crippen molar-refractivity contribution < 1.29 is 4.79 Å². The second kappa shape index (κ2) is 6.48. The van der Waals surface area contributed by atoms with Crippen molar-refractivity contribution in [3.63, 3.8) is 0 Å². The number of aliphatic imine (C=N–C) groups is 1. The van der Waals surface area contributed by atoms with Crippen LogP contribution >= 0.6 is 0 Å². The molecule has 1 aromatic rings. The lowest BCUT2D eigenvalue weighted by Crippen LogP contribution is -2.34. The van der Waals surface area contributed by atoms with Gasteiger partial charge in [-0.05, 0) is 25.5 Å². The number of nitrogens with two attached hydrogens (primary N) is 1. The van der Waals surface area contributed by atoms with E-state index in [2.05, 4.69) is 10.3 Å². The van der Waals surface area contributed by atoms with E-state index in [0.717, 1.165) is 5.56 Å². The molecular weight excluding hydrogens is 214 g/mol. The molecule has 0 aliphatic carbocycles. The first-order chi connectivity index (χ1) is 8.08. The molecule has 0 fully saturated rings. The van der Waals surface area contributed by atoms with Crippen LogP contribution in [0.4, 0.5) is 4.79 Å². The van der Waals surface area contributed by atoms with Gasteiger partial charge in [-0.1, -0.05) is 36.4 Å². The quantitative estimate of drug-likeness (QED) is 0.607. The lowest BCUT2D eigenvalue weighted by molar-refractivity contribution is 0.253. The van der Waals surface area contributed by atoms with Crippen LogP contribution in [0.15, 0.2) is 41.4 Å². The summed E-state index contributed by atoms with van der Waals surface area (Å²) in [5, 5.41) is 2.48. The summed E-state index contributed by atoms with van der Waals surface area (Å²) in [6.45, 7) is 3.86. The zero-order valence-electron chi connectivity index (χ0n) is 10.1. The van der Waals surface area contributed by atoms with E-state index in [0.29, 0.717) is 5.84 Å². The lowest BCUT2D eigenvalue weighted by Gasteiger charge is -2.04. The Kier molecular flexibility index (Phi) is 4.94. The molecule has 0 saturated carbocycles. The van der Waals surface area contributed by atoms with Crippen LogP contribution in [0.2, 0.25) is 0 Å². The molecule has 4 heteroatoms. The van der Waals surface area contributed by atoms with Crippen molar-refractivity contribution in [2.45, 2.75) is 19.9 Å². The van der Waals surface area contributed by atoms with E-state index in [4.69, 9.17) is 5.73 Å². The summed E-state index contributed by atoms with van der Waals surface area (Å²) >= 11 is 0. The monoisotopic (exact) mass is 231 g/mol. The number of amides is 2. The number of nitrogens with one attached hydrogen (secondary N) is 1. The summed E-state index contributed by atoms with van der Waals surface area (Å²) in [7, 11) is 0. The maximum atomic E-state index is 10.8. The highest BCUT2D eigenvalue weighted by molar-refractivity contribution is 6.05. The predicted molar refractivity (Wildman–Crippen MR) is 70.8 cm³/mol. The van der Waals surface area contributed by atoms with Gasteiger partial charge in [-0.15, -0.1) is 0 Å². The van der Waals surface area contributed by atoms with E-state index in [9.17, 15) is 4.79 Å². The third-order valence-electron chi connectivity index (χ3n) is 1.88. The van der Waals surface area contributed by atoms with Crippen LogP contribution in [0.3, 0.4) is 0 Å². The maximum Gasteiger partial charge on any atom is 0.317 e. The van der Waals surface area contributed by atoms with Gasteiger partial charge in [-0.2, -0.15) is 0 Å². The van der Waals surface area contributed by atoms with Crippen LogP contribution < -0.4 is 11.1 Å². The summed E-state index contributed by atoms with van der Waals surface area (Å²) in [4.78, 5) is 15.0. The standard InChI is InChI=1S/C13H17N3O/c1-10(2)15-12(16-13(14)17)9-8-11-6-4-3-5-7-11/h3-10H,1-2H3,(H3,14,15,16,17). The molecule has 0 atom stereocenters. The first-order valence-electron chi connectivity index (χ1n) is 5.45. The zero-order chi connectivity index (χ0) is 12.7. The van der Waals surface area contributed by atoms with Crippen LogP contribution in [0, 0.1) is 0 Å². The van der Waals surface area contributed by atoms with Crippen LogP contribution in [0.5, 0.6) is 0 Å². The molecule has 1 rings (SSSR count). The fraction of sp³-hybridized carbons (Fsp3) is 0.231. The molecule has 1 aromatic carbocycles. The molecule has 0 heterocycles. The maximum absolute atomic E-state index is 10.8. The Balaban J connectivity index is 2.79. The minimum absolute atomic E-state index is 0.0947. The highest BCUT2D eigenvalue weighted by Crippen LogP contribution is 2.01. The molecule has 3 N–H and O–H groups in total. The Labute approximate surface area is 101 Å². The van der Waals surface area contributed by atoms with E-state index in [1.165, 1.54) is 0 Å². The van der Waals surface area contributed by atoms with Crippen molar-refractivity contribution in [3.8, 4) is 0 Å². The SMILES string of the molecule is CC(C)N=C(C=Cc1ccccc1)NC(N)=O. The molecule has 0 saturated heterocycles. The van der Waals surface area contributed by atoms with E-state index >= 15 is 0 Å². The molecule has 4 nitrogen and oxygen atoms in total. The van der Waals surface area contributed by atoms with Crippen molar-refractivity contribution in [3.05, 3.63) is 42.0 Å². The van der Waals surface area contributed by atoms with Crippen LogP contribution in [0.25, 0.3) is 6.08 Å². The van der Waals surface area contributed by atoms with Crippen molar-refractivity contribution in [1.82, 2.24) is 5.32 Å². The minimum atomic E-state index is -0.609. The van der Waals surface area contributed by atoms with Gasteiger partial charge >= 0.3 is 6.03 Å². The van der Waals surface area contributed by atoms with Gasteiger partial charge in [0.1, 0.15) is 5.84 Å². The number of hydrogen-bond acceptors (Lipinski definition) is 2. The molecule has 0 aliphatic rings. The molecule has 17 heavy (non-hydrogen) atoms. The Morgan fingerprint density at radius 2 is 2.00 bits per heavy atom. The number of rotatable bonds is 3. The Hall–Kier alpha value is -2.10. The number of primary amides is 1. The number of nitrogens with zero attached hydrogens (tertiary/aromatic N) is 1. The van der Waals surface area contributed by atoms with Gasteiger partial charge in [-0.3, -0.25) is 10.3 Å². The van der Waals surface area contributed by atoms with Gasteiger partial charge in [0.2, 0.25) is 0 Å². The average molecular weight is 231 g/mol. The van der Waals surface area contributed by atoms with Crippen molar-refractivity contribution in [2.24, 2.45) is 10.7 Å². The van der Waals surface area contributed by atoms with Gasteiger partial charge < -0.3 is 5.73 Å². The number of benzene rings is 1. The summed E-state index contributed by atoms with van der Waals surface area (Å²) in [5.41, 5.74) is 6.11.